The minimum absolute atomic E-state index is 0.00124. The number of nitrogens with one attached hydrogen (secondary N) is 1. The van der Waals surface area contributed by atoms with Gasteiger partial charge in [0.15, 0.2) is 0 Å². The van der Waals surface area contributed by atoms with Crippen LogP contribution in [0.3, 0.4) is 0 Å². The van der Waals surface area contributed by atoms with E-state index < -0.39 is 10.0 Å². The van der Waals surface area contributed by atoms with E-state index in [1.54, 1.807) is 16.4 Å². The van der Waals surface area contributed by atoms with Crippen LogP contribution in [0, 0.1) is 0 Å². The second kappa shape index (κ2) is 5.61. The third kappa shape index (κ3) is 2.56. The summed E-state index contributed by atoms with van der Waals surface area (Å²) >= 11 is 1.47. The van der Waals surface area contributed by atoms with Crippen molar-refractivity contribution in [2.75, 3.05) is 25.9 Å². The summed E-state index contributed by atoms with van der Waals surface area (Å²) in [6, 6.07) is 7.19. The average molecular weight is 286 g/mol. The van der Waals surface area contributed by atoms with E-state index in [1.807, 2.05) is 25.3 Å². The van der Waals surface area contributed by atoms with Crippen molar-refractivity contribution in [3.8, 4) is 0 Å². The lowest BCUT2D eigenvalue weighted by Crippen LogP contribution is -2.52. The number of hydrogen-bond donors (Lipinski definition) is 1. The van der Waals surface area contributed by atoms with Crippen molar-refractivity contribution >= 4 is 21.8 Å². The first-order valence-electron chi connectivity index (χ1n) is 5.93. The van der Waals surface area contributed by atoms with Crippen LogP contribution in [0.25, 0.3) is 0 Å². The standard InChI is InChI=1S/C12H18N2O2S2/c1-10-9-13-7-8-14(10)18(15,16)12-6-4-3-5-11(12)17-2/h3-6,10,13H,7-9H2,1-2H3. The van der Waals surface area contributed by atoms with Gasteiger partial charge in [-0.2, -0.15) is 4.31 Å². The quantitative estimate of drug-likeness (QED) is 0.853. The van der Waals surface area contributed by atoms with Gasteiger partial charge in [-0.15, -0.1) is 11.8 Å². The van der Waals surface area contributed by atoms with Crippen molar-refractivity contribution in [1.29, 1.82) is 0 Å². The highest BCUT2D eigenvalue weighted by atomic mass is 32.2. The van der Waals surface area contributed by atoms with Crippen LogP contribution in [-0.4, -0.2) is 44.7 Å². The zero-order valence-corrected chi connectivity index (χ0v) is 12.2. The second-order valence-electron chi connectivity index (χ2n) is 4.32. The van der Waals surface area contributed by atoms with Gasteiger partial charge in [-0.25, -0.2) is 8.42 Å². The van der Waals surface area contributed by atoms with Gasteiger partial charge in [0.25, 0.3) is 0 Å². The van der Waals surface area contributed by atoms with Gasteiger partial charge in [-0.3, -0.25) is 0 Å². The Morgan fingerprint density at radius 1 is 1.39 bits per heavy atom. The Morgan fingerprint density at radius 2 is 2.11 bits per heavy atom. The smallest absolute Gasteiger partial charge is 0.244 e. The fourth-order valence-electron chi connectivity index (χ4n) is 2.14. The Balaban J connectivity index is 2.41. The molecule has 0 saturated carbocycles. The second-order valence-corrected chi connectivity index (χ2v) is 7.03. The van der Waals surface area contributed by atoms with Crippen LogP contribution in [0.15, 0.2) is 34.1 Å². The van der Waals surface area contributed by atoms with Crippen LogP contribution in [-0.2, 0) is 10.0 Å². The molecule has 0 aliphatic carbocycles. The Labute approximate surface area is 113 Å². The predicted molar refractivity (Wildman–Crippen MR) is 74.4 cm³/mol. The molecule has 1 aromatic carbocycles. The van der Waals surface area contributed by atoms with Crippen molar-refractivity contribution in [1.82, 2.24) is 9.62 Å². The molecule has 1 aromatic rings. The molecule has 1 atom stereocenters. The third-order valence-electron chi connectivity index (χ3n) is 3.10. The molecule has 18 heavy (non-hydrogen) atoms. The Hall–Kier alpha value is -0.560. The van der Waals surface area contributed by atoms with Crippen molar-refractivity contribution in [2.24, 2.45) is 0 Å². The minimum atomic E-state index is -3.38. The van der Waals surface area contributed by atoms with Crippen molar-refractivity contribution in [3.63, 3.8) is 0 Å². The number of hydrogen-bond acceptors (Lipinski definition) is 4. The zero-order chi connectivity index (χ0) is 13.2. The fourth-order valence-corrected chi connectivity index (χ4v) is 4.89. The largest absolute Gasteiger partial charge is 0.314 e. The van der Waals surface area contributed by atoms with Crippen molar-refractivity contribution in [3.05, 3.63) is 24.3 Å². The summed E-state index contributed by atoms with van der Waals surface area (Å²) in [6.07, 6.45) is 1.90. The first-order valence-corrected chi connectivity index (χ1v) is 8.59. The maximum absolute atomic E-state index is 12.7. The summed E-state index contributed by atoms with van der Waals surface area (Å²) < 4.78 is 26.9. The monoisotopic (exact) mass is 286 g/mol. The van der Waals surface area contributed by atoms with Crippen LogP contribution >= 0.6 is 11.8 Å². The molecule has 0 amide bonds. The molecule has 1 unspecified atom stereocenters. The molecule has 4 nitrogen and oxygen atoms in total. The Morgan fingerprint density at radius 3 is 2.78 bits per heavy atom. The summed E-state index contributed by atoms with van der Waals surface area (Å²) in [5.41, 5.74) is 0. The Bertz CT molecular complexity index is 517. The predicted octanol–water partition coefficient (Wildman–Crippen LogP) is 1.39. The van der Waals surface area contributed by atoms with E-state index in [-0.39, 0.29) is 6.04 Å². The van der Waals surface area contributed by atoms with Crippen LogP contribution in [0.2, 0.25) is 0 Å². The van der Waals surface area contributed by atoms with E-state index in [4.69, 9.17) is 0 Å². The number of benzene rings is 1. The number of piperazine rings is 1. The van der Waals surface area contributed by atoms with Crippen LogP contribution in [0.4, 0.5) is 0 Å². The molecule has 2 rings (SSSR count). The van der Waals surface area contributed by atoms with Gasteiger partial charge in [0.1, 0.15) is 0 Å². The van der Waals surface area contributed by atoms with Gasteiger partial charge in [0, 0.05) is 30.6 Å². The number of nitrogens with zero attached hydrogens (tertiary/aromatic N) is 1. The highest BCUT2D eigenvalue weighted by molar-refractivity contribution is 7.99. The maximum atomic E-state index is 12.7. The minimum Gasteiger partial charge on any atom is -0.314 e. The molecule has 0 spiro atoms. The van der Waals surface area contributed by atoms with E-state index in [0.29, 0.717) is 24.5 Å². The van der Waals surface area contributed by atoms with Crippen LogP contribution in [0.1, 0.15) is 6.92 Å². The van der Waals surface area contributed by atoms with E-state index in [2.05, 4.69) is 5.32 Å². The van der Waals surface area contributed by atoms with E-state index in [1.165, 1.54) is 11.8 Å². The third-order valence-corrected chi connectivity index (χ3v) is 6.09. The summed E-state index contributed by atoms with van der Waals surface area (Å²) in [7, 11) is -3.38. The van der Waals surface area contributed by atoms with Gasteiger partial charge in [-0.1, -0.05) is 12.1 Å². The number of sulfonamides is 1. The molecule has 6 heteroatoms. The molecule has 0 radical (unpaired) electrons. The lowest BCUT2D eigenvalue weighted by Gasteiger charge is -2.33. The Kier molecular flexibility index (Phi) is 4.32. The molecule has 1 heterocycles. The highest BCUT2D eigenvalue weighted by Crippen LogP contribution is 2.28. The van der Waals surface area contributed by atoms with Crippen molar-refractivity contribution < 1.29 is 8.42 Å². The molecule has 0 bridgehead atoms. The molecular formula is C12H18N2O2S2. The van der Waals surface area contributed by atoms with Gasteiger partial charge >= 0.3 is 0 Å². The fraction of sp³-hybridized carbons (Fsp3) is 0.500. The first kappa shape index (κ1) is 13.9. The molecular weight excluding hydrogens is 268 g/mol. The van der Waals surface area contributed by atoms with E-state index in [0.717, 1.165) is 4.90 Å². The lowest BCUT2D eigenvalue weighted by atomic mass is 10.3. The average Bonchev–Trinajstić information content (AvgIpc) is 2.39. The number of thioether (sulfide) groups is 1. The van der Waals surface area contributed by atoms with Gasteiger partial charge in [0.2, 0.25) is 10.0 Å². The lowest BCUT2D eigenvalue weighted by molar-refractivity contribution is 0.283. The summed E-state index contributed by atoms with van der Waals surface area (Å²) in [4.78, 5) is 1.23. The van der Waals surface area contributed by atoms with Crippen LogP contribution in [0.5, 0.6) is 0 Å². The molecule has 100 valence electrons. The van der Waals surface area contributed by atoms with Crippen molar-refractivity contribution in [2.45, 2.75) is 22.8 Å². The molecule has 1 N–H and O–H groups in total. The molecule has 1 aliphatic heterocycles. The number of rotatable bonds is 3. The van der Waals surface area contributed by atoms with Gasteiger partial charge in [0.05, 0.1) is 4.90 Å². The zero-order valence-electron chi connectivity index (χ0n) is 10.6. The maximum Gasteiger partial charge on any atom is 0.244 e. The topological polar surface area (TPSA) is 49.4 Å². The summed E-state index contributed by atoms with van der Waals surface area (Å²) in [5.74, 6) is 0. The highest BCUT2D eigenvalue weighted by Gasteiger charge is 2.32. The SMILES string of the molecule is CSc1ccccc1S(=O)(=O)N1CCNCC1C. The molecule has 1 aliphatic rings. The first-order chi connectivity index (χ1) is 8.57. The molecule has 1 saturated heterocycles. The summed E-state index contributed by atoms with van der Waals surface area (Å²) in [6.45, 7) is 3.89. The van der Waals surface area contributed by atoms with Crippen LogP contribution < -0.4 is 5.32 Å². The van der Waals surface area contributed by atoms with Gasteiger partial charge < -0.3 is 5.32 Å². The van der Waals surface area contributed by atoms with Gasteiger partial charge in [-0.05, 0) is 25.3 Å². The molecule has 0 aromatic heterocycles. The molecule has 1 fully saturated rings. The van der Waals surface area contributed by atoms with E-state index >= 15 is 0 Å². The van der Waals surface area contributed by atoms with E-state index in [9.17, 15) is 8.42 Å². The summed E-state index contributed by atoms with van der Waals surface area (Å²) in [5, 5.41) is 3.21. The normalized spacial score (nSPS) is 22.0.